The SMILES string of the molecule is CCN(CC(F)(F)F)C(=O)CCc1ccc(F)cc1. The molecule has 0 aliphatic rings. The normalized spacial score (nSPS) is 11.4. The van der Waals surface area contributed by atoms with Crippen LogP contribution in [0.25, 0.3) is 0 Å². The van der Waals surface area contributed by atoms with E-state index in [1.807, 2.05) is 0 Å². The zero-order valence-corrected chi connectivity index (χ0v) is 10.5. The molecule has 0 atom stereocenters. The topological polar surface area (TPSA) is 20.3 Å². The Hall–Kier alpha value is -1.59. The lowest BCUT2D eigenvalue weighted by Crippen LogP contribution is -2.38. The largest absolute Gasteiger partial charge is 0.406 e. The van der Waals surface area contributed by atoms with Crippen LogP contribution in [0.3, 0.4) is 0 Å². The van der Waals surface area contributed by atoms with Gasteiger partial charge >= 0.3 is 6.18 Å². The first kappa shape index (κ1) is 15.5. The van der Waals surface area contributed by atoms with E-state index in [0.717, 1.165) is 10.5 Å². The predicted molar refractivity (Wildman–Crippen MR) is 63.0 cm³/mol. The zero-order valence-electron chi connectivity index (χ0n) is 10.5. The average Bonchev–Trinajstić information content (AvgIpc) is 2.34. The van der Waals surface area contributed by atoms with Gasteiger partial charge in [0.05, 0.1) is 0 Å². The Morgan fingerprint density at radius 2 is 1.79 bits per heavy atom. The molecule has 0 N–H and O–H groups in total. The van der Waals surface area contributed by atoms with Crippen molar-refractivity contribution in [2.75, 3.05) is 13.1 Å². The van der Waals surface area contributed by atoms with E-state index >= 15 is 0 Å². The fraction of sp³-hybridized carbons (Fsp3) is 0.462. The van der Waals surface area contributed by atoms with Gasteiger partial charge in [-0.1, -0.05) is 12.1 Å². The van der Waals surface area contributed by atoms with Crippen molar-refractivity contribution in [1.82, 2.24) is 4.90 Å². The van der Waals surface area contributed by atoms with Crippen LogP contribution in [-0.2, 0) is 11.2 Å². The summed E-state index contributed by atoms with van der Waals surface area (Å²) in [5, 5.41) is 0. The highest BCUT2D eigenvalue weighted by molar-refractivity contribution is 5.76. The van der Waals surface area contributed by atoms with Crippen molar-refractivity contribution in [3.63, 3.8) is 0 Å². The fourth-order valence-electron chi connectivity index (χ4n) is 1.65. The van der Waals surface area contributed by atoms with Crippen LogP contribution in [0.2, 0.25) is 0 Å². The van der Waals surface area contributed by atoms with Crippen LogP contribution < -0.4 is 0 Å². The van der Waals surface area contributed by atoms with Crippen LogP contribution in [0.4, 0.5) is 17.6 Å². The summed E-state index contributed by atoms with van der Waals surface area (Å²) in [5.74, 6) is -0.938. The first-order valence-electron chi connectivity index (χ1n) is 5.91. The third kappa shape index (κ3) is 5.72. The molecule has 0 saturated heterocycles. The van der Waals surface area contributed by atoms with Crippen molar-refractivity contribution in [2.45, 2.75) is 25.9 Å². The number of halogens is 4. The van der Waals surface area contributed by atoms with E-state index in [-0.39, 0.29) is 18.8 Å². The van der Waals surface area contributed by atoms with Crippen LogP contribution in [-0.4, -0.2) is 30.1 Å². The molecule has 0 unspecified atom stereocenters. The third-order valence-corrected chi connectivity index (χ3v) is 2.65. The Kier molecular flexibility index (Phi) is 5.32. The number of rotatable bonds is 5. The summed E-state index contributed by atoms with van der Waals surface area (Å²) >= 11 is 0. The number of carbonyl (C=O) groups is 1. The van der Waals surface area contributed by atoms with Gasteiger partial charge in [0.2, 0.25) is 5.91 Å². The minimum absolute atomic E-state index is 0.0156. The molecule has 0 radical (unpaired) electrons. The average molecular weight is 277 g/mol. The minimum Gasteiger partial charge on any atom is -0.334 e. The van der Waals surface area contributed by atoms with Gasteiger partial charge < -0.3 is 4.90 Å². The third-order valence-electron chi connectivity index (χ3n) is 2.65. The number of alkyl halides is 3. The highest BCUT2D eigenvalue weighted by atomic mass is 19.4. The molecule has 6 heteroatoms. The summed E-state index contributed by atoms with van der Waals surface area (Å²) in [6.45, 7) is 0.287. The molecular formula is C13H15F4NO. The highest BCUT2D eigenvalue weighted by Crippen LogP contribution is 2.17. The van der Waals surface area contributed by atoms with Crippen molar-refractivity contribution in [2.24, 2.45) is 0 Å². The molecule has 0 spiro atoms. The summed E-state index contributed by atoms with van der Waals surface area (Å²) in [6.07, 6.45) is -4.11. The van der Waals surface area contributed by atoms with Gasteiger partial charge in [0.1, 0.15) is 12.4 Å². The van der Waals surface area contributed by atoms with E-state index < -0.39 is 18.6 Å². The Morgan fingerprint density at radius 1 is 1.21 bits per heavy atom. The number of hydrogen-bond donors (Lipinski definition) is 0. The number of benzene rings is 1. The molecule has 0 aliphatic heterocycles. The molecule has 1 aromatic carbocycles. The molecule has 0 heterocycles. The molecule has 106 valence electrons. The van der Waals surface area contributed by atoms with Crippen LogP contribution in [0.15, 0.2) is 24.3 Å². The molecule has 19 heavy (non-hydrogen) atoms. The van der Waals surface area contributed by atoms with Crippen LogP contribution >= 0.6 is 0 Å². The molecule has 0 saturated carbocycles. The molecule has 2 nitrogen and oxygen atoms in total. The van der Waals surface area contributed by atoms with Crippen molar-refractivity contribution >= 4 is 5.91 Å². The minimum atomic E-state index is -4.39. The standard InChI is InChI=1S/C13H15F4NO/c1-2-18(9-13(15,16)17)12(19)8-5-10-3-6-11(14)7-4-10/h3-4,6-7H,2,5,8-9H2,1H3. The molecule has 0 bridgehead atoms. The summed E-state index contributed by atoms with van der Waals surface area (Å²) in [6, 6.07) is 5.55. The second-order valence-corrected chi connectivity index (χ2v) is 4.15. The lowest BCUT2D eigenvalue weighted by molar-refractivity contribution is -0.160. The number of carbonyl (C=O) groups excluding carboxylic acids is 1. The number of amides is 1. The lowest BCUT2D eigenvalue weighted by Gasteiger charge is -2.22. The molecule has 1 amide bonds. The van der Waals surface area contributed by atoms with Gasteiger partial charge in [-0.15, -0.1) is 0 Å². The Bertz CT molecular complexity index is 414. The second-order valence-electron chi connectivity index (χ2n) is 4.15. The van der Waals surface area contributed by atoms with Crippen molar-refractivity contribution in [3.8, 4) is 0 Å². The molecular weight excluding hydrogens is 262 g/mol. The molecule has 1 rings (SSSR count). The van der Waals surface area contributed by atoms with Gasteiger partial charge in [-0.2, -0.15) is 13.2 Å². The Labute approximate surface area is 109 Å². The molecule has 1 aromatic rings. The van der Waals surface area contributed by atoms with Gasteiger partial charge in [-0.3, -0.25) is 4.79 Å². The van der Waals surface area contributed by atoms with Crippen LogP contribution in [0.1, 0.15) is 18.9 Å². The van der Waals surface area contributed by atoms with Crippen molar-refractivity contribution in [3.05, 3.63) is 35.6 Å². The van der Waals surface area contributed by atoms with Crippen molar-refractivity contribution < 1.29 is 22.4 Å². The van der Waals surface area contributed by atoms with Gasteiger partial charge in [-0.05, 0) is 31.0 Å². The second kappa shape index (κ2) is 6.54. The quantitative estimate of drug-likeness (QED) is 0.757. The van der Waals surface area contributed by atoms with E-state index in [1.165, 1.54) is 31.2 Å². The first-order valence-corrected chi connectivity index (χ1v) is 5.91. The lowest BCUT2D eigenvalue weighted by atomic mass is 10.1. The highest BCUT2D eigenvalue weighted by Gasteiger charge is 2.31. The summed E-state index contributed by atoms with van der Waals surface area (Å²) in [7, 11) is 0. The summed E-state index contributed by atoms with van der Waals surface area (Å²) in [4.78, 5) is 12.4. The van der Waals surface area contributed by atoms with E-state index in [4.69, 9.17) is 0 Å². The maximum atomic E-state index is 12.7. The molecule has 0 fully saturated rings. The van der Waals surface area contributed by atoms with Crippen LogP contribution in [0, 0.1) is 5.82 Å². The summed E-state index contributed by atoms with van der Waals surface area (Å²) in [5.41, 5.74) is 0.720. The smallest absolute Gasteiger partial charge is 0.334 e. The van der Waals surface area contributed by atoms with E-state index in [0.29, 0.717) is 6.42 Å². The van der Waals surface area contributed by atoms with E-state index in [2.05, 4.69) is 0 Å². The fourth-order valence-corrected chi connectivity index (χ4v) is 1.65. The predicted octanol–water partition coefficient (Wildman–Crippen LogP) is 3.17. The van der Waals surface area contributed by atoms with Crippen molar-refractivity contribution in [1.29, 1.82) is 0 Å². The Morgan fingerprint density at radius 3 is 2.26 bits per heavy atom. The maximum Gasteiger partial charge on any atom is 0.406 e. The van der Waals surface area contributed by atoms with Gasteiger partial charge in [0.15, 0.2) is 0 Å². The number of nitrogens with zero attached hydrogens (tertiary/aromatic N) is 1. The molecule has 0 aliphatic carbocycles. The zero-order chi connectivity index (χ0) is 14.5. The van der Waals surface area contributed by atoms with Gasteiger partial charge in [-0.25, -0.2) is 4.39 Å². The number of hydrogen-bond acceptors (Lipinski definition) is 1. The van der Waals surface area contributed by atoms with E-state index in [1.54, 1.807) is 0 Å². The maximum absolute atomic E-state index is 12.7. The number of aryl methyl sites for hydroxylation is 1. The van der Waals surface area contributed by atoms with Gasteiger partial charge in [0, 0.05) is 13.0 Å². The first-order chi connectivity index (χ1) is 8.81. The Balaban J connectivity index is 2.51. The monoisotopic (exact) mass is 277 g/mol. The van der Waals surface area contributed by atoms with Crippen LogP contribution in [0.5, 0.6) is 0 Å². The molecule has 0 aromatic heterocycles. The van der Waals surface area contributed by atoms with E-state index in [9.17, 15) is 22.4 Å². The van der Waals surface area contributed by atoms with Gasteiger partial charge in [0.25, 0.3) is 0 Å². The summed E-state index contributed by atoms with van der Waals surface area (Å²) < 4.78 is 49.3.